The fourth-order valence-corrected chi connectivity index (χ4v) is 2.07. The van der Waals surface area contributed by atoms with Crippen molar-refractivity contribution in [2.24, 2.45) is 11.3 Å². The van der Waals surface area contributed by atoms with Gasteiger partial charge in [0.1, 0.15) is 0 Å². The van der Waals surface area contributed by atoms with Crippen LogP contribution in [0.3, 0.4) is 0 Å². The monoisotopic (exact) mass is 250 g/mol. The lowest BCUT2D eigenvalue weighted by molar-refractivity contribution is -0.171. The minimum Gasteiger partial charge on any atom is -0.479 e. The van der Waals surface area contributed by atoms with Crippen LogP contribution in [0.25, 0.3) is 0 Å². The highest BCUT2D eigenvalue weighted by molar-refractivity contribution is 5.79. The molecule has 1 aromatic carbocycles. The summed E-state index contributed by atoms with van der Waals surface area (Å²) >= 11 is 0. The van der Waals surface area contributed by atoms with Crippen molar-refractivity contribution in [1.29, 1.82) is 0 Å². The molecule has 2 unspecified atom stereocenters. The molecule has 100 valence electrons. The molecule has 0 bridgehead atoms. The average Bonchev–Trinajstić information content (AvgIpc) is 2.25. The number of aliphatic carboxylic acids is 1. The summed E-state index contributed by atoms with van der Waals surface area (Å²) in [5.41, 5.74) is -0.785. The maximum absolute atomic E-state index is 11.6. The van der Waals surface area contributed by atoms with Gasteiger partial charge in [-0.1, -0.05) is 57.5 Å². The van der Waals surface area contributed by atoms with E-state index in [0.29, 0.717) is 5.56 Å². The van der Waals surface area contributed by atoms with Crippen LogP contribution >= 0.6 is 0 Å². The molecule has 0 fully saturated rings. The molecule has 0 aromatic heterocycles. The number of carboxylic acids is 1. The second kappa shape index (κ2) is 4.73. The highest BCUT2D eigenvalue weighted by Gasteiger charge is 2.48. The van der Waals surface area contributed by atoms with Crippen LogP contribution in [0.15, 0.2) is 24.3 Å². The van der Waals surface area contributed by atoms with E-state index >= 15 is 0 Å². The molecule has 1 rings (SSSR count). The molecule has 3 heteroatoms. The molecule has 2 N–H and O–H groups in total. The Hall–Kier alpha value is -1.35. The Morgan fingerprint density at radius 1 is 1.28 bits per heavy atom. The van der Waals surface area contributed by atoms with Gasteiger partial charge in [0, 0.05) is 5.92 Å². The lowest BCUT2D eigenvalue weighted by Gasteiger charge is -2.39. The lowest BCUT2D eigenvalue weighted by atomic mass is 9.69. The minimum atomic E-state index is -1.86. The molecule has 0 heterocycles. The maximum atomic E-state index is 11.6. The van der Waals surface area contributed by atoms with E-state index in [4.69, 9.17) is 0 Å². The number of rotatable bonds is 3. The molecule has 3 nitrogen and oxygen atoms in total. The van der Waals surface area contributed by atoms with E-state index in [9.17, 15) is 15.0 Å². The summed E-state index contributed by atoms with van der Waals surface area (Å²) in [6.07, 6.45) is 0. The van der Waals surface area contributed by atoms with Crippen molar-refractivity contribution in [2.45, 2.75) is 40.2 Å². The van der Waals surface area contributed by atoms with Gasteiger partial charge in [0.05, 0.1) is 0 Å². The van der Waals surface area contributed by atoms with Gasteiger partial charge in [-0.15, -0.1) is 0 Å². The minimum absolute atomic E-state index is 0.309. The van der Waals surface area contributed by atoms with E-state index in [1.807, 2.05) is 33.8 Å². The molecule has 0 amide bonds. The van der Waals surface area contributed by atoms with Gasteiger partial charge in [0.2, 0.25) is 0 Å². The van der Waals surface area contributed by atoms with Gasteiger partial charge in [0.15, 0.2) is 5.60 Å². The van der Waals surface area contributed by atoms with Crippen LogP contribution in [0.2, 0.25) is 0 Å². The molecule has 2 atom stereocenters. The van der Waals surface area contributed by atoms with Crippen LogP contribution in [0.4, 0.5) is 0 Å². The average molecular weight is 250 g/mol. The summed E-state index contributed by atoms with van der Waals surface area (Å²) in [6, 6.07) is 7.06. The first kappa shape index (κ1) is 14.7. The number of carboxylic acid groups (broad SMARTS) is 1. The maximum Gasteiger partial charge on any atom is 0.340 e. The van der Waals surface area contributed by atoms with Crippen molar-refractivity contribution in [3.63, 3.8) is 0 Å². The molecule has 1 aromatic rings. The van der Waals surface area contributed by atoms with Crippen molar-refractivity contribution < 1.29 is 15.0 Å². The number of carbonyl (C=O) groups is 1. The number of aliphatic hydroxyl groups is 1. The topological polar surface area (TPSA) is 57.5 Å². The zero-order valence-electron chi connectivity index (χ0n) is 11.7. The third kappa shape index (κ3) is 2.56. The molecule has 18 heavy (non-hydrogen) atoms. The van der Waals surface area contributed by atoms with Crippen LogP contribution < -0.4 is 0 Å². The molecule has 0 radical (unpaired) electrons. The summed E-state index contributed by atoms with van der Waals surface area (Å²) in [5, 5.41) is 20.1. The van der Waals surface area contributed by atoms with E-state index in [-0.39, 0.29) is 5.41 Å². The quantitative estimate of drug-likeness (QED) is 0.867. The van der Waals surface area contributed by atoms with Crippen LogP contribution in [0, 0.1) is 18.3 Å². The van der Waals surface area contributed by atoms with Crippen molar-refractivity contribution in [1.82, 2.24) is 0 Å². The standard InChI is InChI=1S/C15H22O3/c1-10-7-6-8-12(9-10)15(18,13(16)17)11(2)14(3,4)5/h6-9,11,18H,1-5H3,(H,16,17). The van der Waals surface area contributed by atoms with Crippen molar-refractivity contribution in [3.05, 3.63) is 35.4 Å². The van der Waals surface area contributed by atoms with Crippen LogP contribution in [0.1, 0.15) is 38.8 Å². The second-order valence-corrected chi connectivity index (χ2v) is 6.03. The van der Waals surface area contributed by atoms with Gasteiger partial charge >= 0.3 is 5.97 Å². The number of hydrogen-bond donors (Lipinski definition) is 2. The predicted octanol–water partition coefficient (Wildman–Crippen LogP) is 2.95. The van der Waals surface area contributed by atoms with Crippen molar-refractivity contribution in [2.75, 3.05) is 0 Å². The number of aryl methyl sites for hydroxylation is 1. The van der Waals surface area contributed by atoms with E-state index in [1.54, 1.807) is 25.1 Å². The third-order valence-corrected chi connectivity index (χ3v) is 3.71. The van der Waals surface area contributed by atoms with Crippen molar-refractivity contribution >= 4 is 5.97 Å². The van der Waals surface area contributed by atoms with Crippen LogP contribution in [-0.4, -0.2) is 16.2 Å². The number of benzene rings is 1. The summed E-state index contributed by atoms with van der Waals surface area (Å²) in [4.78, 5) is 11.6. The smallest absolute Gasteiger partial charge is 0.340 e. The van der Waals surface area contributed by atoms with Gasteiger partial charge < -0.3 is 10.2 Å². The van der Waals surface area contributed by atoms with E-state index < -0.39 is 17.5 Å². The summed E-state index contributed by atoms with van der Waals surface area (Å²) in [6.45, 7) is 9.45. The Balaban J connectivity index is 3.37. The highest BCUT2D eigenvalue weighted by Crippen LogP contribution is 2.41. The second-order valence-electron chi connectivity index (χ2n) is 6.03. The number of hydrogen-bond acceptors (Lipinski definition) is 2. The zero-order chi connectivity index (χ0) is 14.1. The zero-order valence-corrected chi connectivity index (χ0v) is 11.7. The Morgan fingerprint density at radius 3 is 2.22 bits per heavy atom. The first-order valence-corrected chi connectivity index (χ1v) is 6.13. The van der Waals surface area contributed by atoms with Crippen LogP contribution in [-0.2, 0) is 10.4 Å². The Labute approximate surface area is 108 Å². The molecule has 0 aliphatic carbocycles. The Bertz CT molecular complexity index is 445. The van der Waals surface area contributed by atoms with Gasteiger partial charge in [-0.25, -0.2) is 4.79 Å². The summed E-state index contributed by atoms with van der Waals surface area (Å²) < 4.78 is 0. The first-order chi connectivity index (χ1) is 8.10. The largest absolute Gasteiger partial charge is 0.479 e. The van der Waals surface area contributed by atoms with Gasteiger partial charge in [-0.05, 0) is 17.9 Å². The molecule has 0 saturated carbocycles. The first-order valence-electron chi connectivity index (χ1n) is 6.13. The van der Waals surface area contributed by atoms with E-state index in [0.717, 1.165) is 5.56 Å². The van der Waals surface area contributed by atoms with Gasteiger partial charge in [0.25, 0.3) is 0 Å². The molecular weight excluding hydrogens is 228 g/mol. The predicted molar refractivity (Wildman–Crippen MR) is 71.3 cm³/mol. The van der Waals surface area contributed by atoms with E-state index in [1.165, 1.54) is 0 Å². The van der Waals surface area contributed by atoms with Gasteiger partial charge in [-0.2, -0.15) is 0 Å². The summed E-state index contributed by atoms with van der Waals surface area (Å²) in [7, 11) is 0. The van der Waals surface area contributed by atoms with E-state index in [2.05, 4.69) is 0 Å². The van der Waals surface area contributed by atoms with Crippen LogP contribution in [0.5, 0.6) is 0 Å². The third-order valence-electron chi connectivity index (χ3n) is 3.71. The summed E-state index contributed by atoms with van der Waals surface area (Å²) in [5.74, 6) is -1.61. The fraction of sp³-hybridized carbons (Fsp3) is 0.533. The lowest BCUT2D eigenvalue weighted by Crippen LogP contribution is -2.47. The molecule has 0 aliphatic heterocycles. The normalized spacial score (nSPS) is 17.0. The molecule has 0 saturated heterocycles. The molecular formula is C15H22O3. The molecule has 0 aliphatic rings. The molecule has 0 spiro atoms. The fourth-order valence-electron chi connectivity index (χ4n) is 2.07. The van der Waals surface area contributed by atoms with Crippen molar-refractivity contribution in [3.8, 4) is 0 Å². The Morgan fingerprint density at radius 2 is 1.83 bits per heavy atom. The highest BCUT2D eigenvalue weighted by atomic mass is 16.4. The van der Waals surface area contributed by atoms with Gasteiger partial charge in [-0.3, -0.25) is 0 Å². The SMILES string of the molecule is Cc1cccc(C(O)(C(=O)O)C(C)C(C)(C)C)c1. The Kier molecular flexibility index (Phi) is 3.86.